The minimum atomic E-state index is 0.201. The number of likely N-dealkylation sites (N-methyl/N-ethyl adjacent to an activating group) is 1. The van der Waals surface area contributed by atoms with E-state index in [2.05, 4.69) is 52.0 Å². The molecule has 0 radical (unpaired) electrons. The molecule has 0 aromatic heterocycles. The lowest BCUT2D eigenvalue weighted by Crippen LogP contribution is -2.55. The van der Waals surface area contributed by atoms with E-state index in [9.17, 15) is 0 Å². The number of rotatable bonds is 2. The maximum Gasteiger partial charge on any atom is 0.0340 e. The van der Waals surface area contributed by atoms with Crippen molar-refractivity contribution in [2.24, 2.45) is 0 Å². The lowest BCUT2D eigenvalue weighted by atomic mass is 9.82. The van der Waals surface area contributed by atoms with Gasteiger partial charge in [0.25, 0.3) is 0 Å². The van der Waals surface area contributed by atoms with Crippen molar-refractivity contribution in [1.82, 2.24) is 4.90 Å². The van der Waals surface area contributed by atoms with Crippen LogP contribution < -0.4 is 0 Å². The summed E-state index contributed by atoms with van der Waals surface area (Å²) >= 11 is 1.92. The second kappa shape index (κ2) is 3.90. The quantitative estimate of drug-likeness (QED) is 0.648. The van der Waals surface area contributed by atoms with E-state index in [1.807, 2.05) is 11.8 Å². The Bertz CT molecular complexity index is 241. The molecule has 0 unspecified atom stereocenters. The normalized spacial score (nSPS) is 26.0. The highest BCUT2D eigenvalue weighted by Crippen LogP contribution is 2.36. The highest BCUT2D eigenvalue weighted by Gasteiger charge is 2.37. The lowest BCUT2D eigenvalue weighted by Gasteiger charge is -2.49. The van der Waals surface area contributed by atoms with E-state index in [1.165, 1.54) is 12.2 Å². The number of hydrogen-bond acceptors (Lipinski definition) is 2. The molecule has 0 aromatic rings. The molecular weight excluding hydrogens is 190 g/mol. The van der Waals surface area contributed by atoms with Gasteiger partial charge < -0.3 is 0 Å². The van der Waals surface area contributed by atoms with E-state index in [1.54, 1.807) is 5.57 Å². The Kier molecular flexibility index (Phi) is 3.37. The maximum atomic E-state index is 2.48. The third-order valence-corrected chi connectivity index (χ3v) is 3.98. The first-order chi connectivity index (χ1) is 6.29. The Hall–Kier alpha value is 0.0500. The van der Waals surface area contributed by atoms with Crippen LogP contribution in [-0.2, 0) is 0 Å². The standard InChI is InChI=1S/C12H23NS/c1-11(2)7-10(9-14-6)8-12(3,4)13(11)5/h7H,8-9H2,1-6H3. The number of nitrogens with zero attached hydrogens (tertiary/aromatic N) is 1. The van der Waals surface area contributed by atoms with E-state index in [0.29, 0.717) is 5.54 Å². The van der Waals surface area contributed by atoms with Gasteiger partial charge >= 0.3 is 0 Å². The molecule has 0 fully saturated rings. The first-order valence-corrected chi connectivity index (χ1v) is 6.62. The molecule has 0 atom stereocenters. The molecule has 1 nitrogen and oxygen atoms in total. The molecule has 0 spiro atoms. The van der Waals surface area contributed by atoms with E-state index < -0.39 is 0 Å². The second-order valence-electron chi connectivity index (χ2n) is 5.44. The van der Waals surface area contributed by atoms with Crippen molar-refractivity contribution < 1.29 is 0 Å². The van der Waals surface area contributed by atoms with Gasteiger partial charge in [-0.1, -0.05) is 11.6 Å². The summed E-state index contributed by atoms with van der Waals surface area (Å²) in [5, 5.41) is 0. The highest BCUT2D eigenvalue weighted by molar-refractivity contribution is 7.98. The van der Waals surface area contributed by atoms with Gasteiger partial charge in [-0.2, -0.15) is 11.8 Å². The zero-order chi connectivity index (χ0) is 11.0. The summed E-state index contributed by atoms with van der Waals surface area (Å²) in [6.45, 7) is 9.27. The summed E-state index contributed by atoms with van der Waals surface area (Å²) in [7, 11) is 2.23. The van der Waals surface area contributed by atoms with Gasteiger partial charge in [-0.3, -0.25) is 4.90 Å². The molecule has 82 valence electrons. The van der Waals surface area contributed by atoms with Crippen LogP contribution in [0.25, 0.3) is 0 Å². The SMILES string of the molecule is CSCC1=CC(C)(C)N(C)C(C)(C)C1. The number of hydrogen-bond donors (Lipinski definition) is 0. The second-order valence-corrected chi connectivity index (χ2v) is 6.30. The van der Waals surface area contributed by atoms with E-state index in [-0.39, 0.29) is 5.54 Å². The highest BCUT2D eigenvalue weighted by atomic mass is 32.2. The summed E-state index contributed by atoms with van der Waals surface area (Å²) in [6.07, 6.45) is 5.82. The Morgan fingerprint density at radius 2 is 1.93 bits per heavy atom. The van der Waals surface area contributed by atoms with Crippen molar-refractivity contribution in [2.45, 2.75) is 45.2 Å². The van der Waals surface area contributed by atoms with Crippen LogP contribution in [0.4, 0.5) is 0 Å². The summed E-state index contributed by atoms with van der Waals surface area (Å²) in [6, 6.07) is 0. The van der Waals surface area contributed by atoms with Gasteiger partial charge in [-0.05, 0) is 47.4 Å². The minimum Gasteiger partial charge on any atom is -0.292 e. The fourth-order valence-corrected chi connectivity index (χ4v) is 2.94. The molecule has 0 amide bonds. The molecule has 0 N–H and O–H groups in total. The van der Waals surface area contributed by atoms with Crippen molar-refractivity contribution in [1.29, 1.82) is 0 Å². The van der Waals surface area contributed by atoms with E-state index in [4.69, 9.17) is 0 Å². The van der Waals surface area contributed by atoms with E-state index >= 15 is 0 Å². The average molecular weight is 213 g/mol. The Labute approximate surface area is 92.9 Å². The van der Waals surface area contributed by atoms with Crippen LogP contribution in [0, 0.1) is 0 Å². The predicted octanol–water partition coefficient (Wildman–Crippen LogP) is 3.17. The third-order valence-electron chi connectivity index (χ3n) is 3.32. The molecule has 0 saturated heterocycles. The molecular formula is C12H23NS. The van der Waals surface area contributed by atoms with Gasteiger partial charge in [-0.25, -0.2) is 0 Å². The largest absolute Gasteiger partial charge is 0.292 e. The monoisotopic (exact) mass is 213 g/mol. The van der Waals surface area contributed by atoms with Gasteiger partial charge in [-0.15, -0.1) is 0 Å². The zero-order valence-electron chi connectivity index (χ0n) is 10.3. The fourth-order valence-electron chi connectivity index (χ4n) is 2.38. The first kappa shape index (κ1) is 12.1. The maximum absolute atomic E-state index is 2.48. The summed E-state index contributed by atoms with van der Waals surface area (Å²) in [5.41, 5.74) is 2.10. The van der Waals surface area contributed by atoms with Crippen molar-refractivity contribution in [3.8, 4) is 0 Å². The molecule has 1 heterocycles. The minimum absolute atomic E-state index is 0.201. The lowest BCUT2D eigenvalue weighted by molar-refractivity contribution is 0.0624. The predicted molar refractivity (Wildman–Crippen MR) is 67.0 cm³/mol. The number of thioether (sulfide) groups is 1. The van der Waals surface area contributed by atoms with Gasteiger partial charge in [0, 0.05) is 16.8 Å². The third kappa shape index (κ3) is 2.34. The molecule has 14 heavy (non-hydrogen) atoms. The zero-order valence-corrected chi connectivity index (χ0v) is 11.2. The van der Waals surface area contributed by atoms with Crippen molar-refractivity contribution in [3.63, 3.8) is 0 Å². The average Bonchev–Trinajstić information content (AvgIpc) is 1.99. The van der Waals surface area contributed by atoms with Crippen LogP contribution in [-0.4, -0.2) is 35.0 Å². The summed E-state index contributed by atoms with van der Waals surface area (Å²) in [5.74, 6) is 1.18. The Morgan fingerprint density at radius 3 is 2.36 bits per heavy atom. The van der Waals surface area contributed by atoms with Crippen LogP contribution in [0.15, 0.2) is 11.6 Å². The van der Waals surface area contributed by atoms with Crippen LogP contribution in [0.2, 0.25) is 0 Å². The first-order valence-electron chi connectivity index (χ1n) is 5.23. The topological polar surface area (TPSA) is 3.24 Å². The van der Waals surface area contributed by atoms with Crippen molar-refractivity contribution >= 4 is 11.8 Å². The van der Waals surface area contributed by atoms with Crippen LogP contribution in [0.1, 0.15) is 34.1 Å². The van der Waals surface area contributed by atoms with Crippen LogP contribution in [0.5, 0.6) is 0 Å². The molecule has 0 saturated carbocycles. The van der Waals surface area contributed by atoms with Gasteiger partial charge in [0.1, 0.15) is 0 Å². The van der Waals surface area contributed by atoms with E-state index in [0.717, 1.165) is 0 Å². The van der Waals surface area contributed by atoms with Gasteiger partial charge in [0.15, 0.2) is 0 Å². The smallest absolute Gasteiger partial charge is 0.0340 e. The molecule has 1 rings (SSSR count). The summed E-state index contributed by atoms with van der Waals surface area (Å²) < 4.78 is 0. The van der Waals surface area contributed by atoms with Gasteiger partial charge in [0.05, 0.1) is 0 Å². The molecule has 0 aliphatic carbocycles. The molecule has 1 aliphatic rings. The van der Waals surface area contributed by atoms with Crippen LogP contribution in [0.3, 0.4) is 0 Å². The molecule has 0 aromatic carbocycles. The van der Waals surface area contributed by atoms with Gasteiger partial charge in [0.2, 0.25) is 0 Å². The molecule has 1 aliphatic heterocycles. The molecule has 2 heteroatoms. The van der Waals surface area contributed by atoms with Crippen LogP contribution >= 0.6 is 11.8 Å². The van der Waals surface area contributed by atoms with Crippen molar-refractivity contribution in [3.05, 3.63) is 11.6 Å². The fraction of sp³-hybridized carbons (Fsp3) is 0.833. The Balaban J connectivity index is 2.94. The summed E-state index contributed by atoms with van der Waals surface area (Å²) in [4.78, 5) is 2.48. The van der Waals surface area contributed by atoms with Crippen molar-refractivity contribution in [2.75, 3.05) is 19.1 Å². The Morgan fingerprint density at radius 1 is 1.36 bits per heavy atom. The molecule has 0 bridgehead atoms.